The van der Waals surface area contributed by atoms with Crippen LogP contribution in [0.25, 0.3) is 11.2 Å². The molecule has 20 heavy (non-hydrogen) atoms. The molecule has 0 amide bonds. The molecule has 3 N–H and O–H groups in total. The van der Waals surface area contributed by atoms with E-state index in [0.717, 1.165) is 0 Å². The first kappa shape index (κ1) is 16.2. The van der Waals surface area contributed by atoms with Crippen molar-refractivity contribution in [3.05, 3.63) is 17.8 Å². The second kappa shape index (κ2) is 6.29. The van der Waals surface area contributed by atoms with Gasteiger partial charge in [-0.05, 0) is 19.7 Å². The molecule has 9 heteroatoms. The maximum atomic E-state index is 10.1. The molecule has 1 fully saturated rings. The summed E-state index contributed by atoms with van der Waals surface area (Å²) in [5.41, 5.74) is 0.993. The van der Waals surface area contributed by atoms with Gasteiger partial charge >= 0.3 is 0 Å². The Morgan fingerprint density at radius 1 is 1.45 bits per heavy atom. The van der Waals surface area contributed by atoms with Crippen LogP contribution in [0.5, 0.6) is 0 Å². The SMILES string of the molecule is CN[C@H]1C[C@@H](n2cnc3[c-]nc(Cl)nc32)[C@H](O)[C@@H]1O.[Y]. The minimum Gasteiger partial charge on any atom is -0.389 e. The zero-order chi connectivity index (χ0) is 13.6. The van der Waals surface area contributed by atoms with Crippen LogP contribution in [-0.4, -0.2) is 55.0 Å². The van der Waals surface area contributed by atoms with Gasteiger partial charge in [-0.15, -0.1) is 11.6 Å². The first-order valence-corrected chi connectivity index (χ1v) is 6.30. The minimum absolute atomic E-state index is 0. The van der Waals surface area contributed by atoms with Crippen molar-refractivity contribution < 1.29 is 42.9 Å². The van der Waals surface area contributed by atoms with E-state index in [9.17, 15) is 10.2 Å². The number of nitrogens with one attached hydrogen (secondary N) is 1. The normalized spacial score (nSPS) is 29.6. The average molecular weight is 372 g/mol. The topological polar surface area (TPSA) is 96.1 Å². The number of nitrogens with zero attached hydrogens (tertiary/aromatic N) is 4. The smallest absolute Gasteiger partial charge is 0.107 e. The first-order valence-electron chi connectivity index (χ1n) is 5.93. The van der Waals surface area contributed by atoms with E-state index in [2.05, 4.69) is 26.5 Å². The fourth-order valence-corrected chi connectivity index (χ4v) is 2.69. The number of rotatable bonds is 2. The van der Waals surface area contributed by atoms with E-state index in [4.69, 9.17) is 11.6 Å². The van der Waals surface area contributed by atoms with Gasteiger partial charge < -0.3 is 30.1 Å². The summed E-state index contributed by atoms with van der Waals surface area (Å²) in [5.74, 6) is 0. The van der Waals surface area contributed by atoms with E-state index in [1.54, 1.807) is 17.9 Å². The van der Waals surface area contributed by atoms with Crippen molar-refractivity contribution in [2.75, 3.05) is 7.05 Å². The van der Waals surface area contributed by atoms with Gasteiger partial charge in [-0.2, -0.15) is 0 Å². The molecular formula is C11H13ClN5O2Y-. The molecule has 2 aromatic rings. The van der Waals surface area contributed by atoms with Crippen LogP contribution in [0.1, 0.15) is 12.5 Å². The molecule has 0 aliphatic heterocycles. The Morgan fingerprint density at radius 2 is 2.20 bits per heavy atom. The van der Waals surface area contributed by atoms with Gasteiger partial charge in [-0.3, -0.25) is 4.98 Å². The van der Waals surface area contributed by atoms with Gasteiger partial charge in [0.2, 0.25) is 0 Å². The molecule has 7 nitrogen and oxygen atoms in total. The second-order valence-corrected chi connectivity index (χ2v) is 4.95. The van der Waals surface area contributed by atoms with Crippen molar-refractivity contribution in [3.8, 4) is 0 Å². The van der Waals surface area contributed by atoms with Gasteiger partial charge in [0.15, 0.2) is 0 Å². The van der Waals surface area contributed by atoms with Crippen molar-refractivity contribution in [1.82, 2.24) is 24.8 Å². The third-order valence-corrected chi connectivity index (χ3v) is 3.77. The standard InChI is InChI=1S/C11H13ClN5O2.Y/c1-13-5-2-7(9(19)8(5)18)17-4-15-6-3-14-11(12)16-10(6)17;/h4-5,7-9,13,18-19H,2H2,1H3;/q-1;/t5-,7+,8+,9-;/m0./s1. The van der Waals surface area contributed by atoms with Gasteiger partial charge in [0.25, 0.3) is 0 Å². The van der Waals surface area contributed by atoms with Crippen LogP contribution < -0.4 is 5.32 Å². The van der Waals surface area contributed by atoms with Crippen LogP contribution in [0.2, 0.25) is 5.28 Å². The number of halogens is 1. The summed E-state index contributed by atoms with van der Waals surface area (Å²) in [6, 6.07) is -0.476. The number of aromatic nitrogens is 4. The first-order chi connectivity index (χ1) is 9.11. The molecule has 0 aromatic carbocycles. The van der Waals surface area contributed by atoms with Crippen LogP contribution in [-0.2, 0) is 32.7 Å². The zero-order valence-corrected chi connectivity index (χ0v) is 14.3. The Bertz CT molecular complexity index is 610. The van der Waals surface area contributed by atoms with Crippen LogP contribution in [0.15, 0.2) is 6.33 Å². The van der Waals surface area contributed by atoms with E-state index in [0.29, 0.717) is 17.6 Å². The van der Waals surface area contributed by atoms with Crippen LogP contribution >= 0.6 is 11.6 Å². The summed E-state index contributed by atoms with van der Waals surface area (Å²) < 4.78 is 1.71. The summed E-state index contributed by atoms with van der Waals surface area (Å²) in [4.78, 5) is 12.0. The molecule has 0 bridgehead atoms. The number of hydrogen-bond acceptors (Lipinski definition) is 6. The maximum absolute atomic E-state index is 10.1. The molecule has 1 aliphatic rings. The third kappa shape index (κ3) is 2.63. The molecule has 1 aliphatic carbocycles. The number of likely N-dealkylation sites (N-methyl/N-ethyl adjacent to an activating group) is 1. The number of hydrogen-bond donors (Lipinski definition) is 3. The van der Waals surface area contributed by atoms with Gasteiger partial charge in [0, 0.05) is 49.9 Å². The van der Waals surface area contributed by atoms with Gasteiger partial charge in [-0.25, -0.2) is 0 Å². The Kier molecular flexibility index (Phi) is 5.10. The molecule has 4 atom stereocenters. The minimum atomic E-state index is -0.886. The third-order valence-electron chi connectivity index (χ3n) is 3.60. The molecule has 105 valence electrons. The molecule has 2 aromatic heterocycles. The van der Waals surface area contributed by atoms with Gasteiger partial charge in [0.1, 0.15) is 11.4 Å². The van der Waals surface area contributed by atoms with Gasteiger partial charge in [0.05, 0.1) is 18.5 Å². The molecule has 1 saturated carbocycles. The Hall–Kier alpha value is -0.176. The summed E-state index contributed by atoms with van der Waals surface area (Å²) in [5, 5.41) is 23.1. The largest absolute Gasteiger partial charge is 0.389 e. The molecule has 0 unspecified atom stereocenters. The van der Waals surface area contributed by atoms with E-state index >= 15 is 0 Å². The van der Waals surface area contributed by atoms with E-state index in [1.807, 2.05) is 0 Å². The molecule has 2 heterocycles. The van der Waals surface area contributed by atoms with Crippen LogP contribution in [0, 0.1) is 6.20 Å². The predicted octanol–water partition coefficient (Wildman–Crippen LogP) is -0.468. The fraction of sp³-hybridized carbons (Fsp3) is 0.545. The van der Waals surface area contributed by atoms with Crippen molar-refractivity contribution >= 4 is 22.8 Å². The molecule has 3 rings (SSSR count). The van der Waals surface area contributed by atoms with Crippen molar-refractivity contribution in [2.24, 2.45) is 0 Å². The Balaban J connectivity index is 0.00000147. The summed E-state index contributed by atoms with van der Waals surface area (Å²) in [7, 11) is 1.75. The predicted molar refractivity (Wildman–Crippen MR) is 67.7 cm³/mol. The summed E-state index contributed by atoms with van der Waals surface area (Å²) in [6.07, 6.45) is 3.10. The Morgan fingerprint density at radius 3 is 2.85 bits per heavy atom. The number of aliphatic hydroxyl groups is 2. The second-order valence-electron chi connectivity index (χ2n) is 4.61. The van der Waals surface area contributed by atoms with Crippen LogP contribution in [0.3, 0.4) is 0 Å². The fourth-order valence-electron chi connectivity index (χ4n) is 2.57. The monoisotopic (exact) mass is 371 g/mol. The van der Waals surface area contributed by atoms with Crippen LogP contribution in [0.4, 0.5) is 0 Å². The maximum Gasteiger partial charge on any atom is 0.107 e. The number of imidazole rings is 1. The Labute approximate surface area is 145 Å². The van der Waals surface area contributed by atoms with Crippen molar-refractivity contribution in [2.45, 2.75) is 30.7 Å². The average Bonchev–Trinajstić information content (AvgIpc) is 2.92. The number of aliphatic hydroxyl groups excluding tert-OH is 2. The van der Waals surface area contributed by atoms with E-state index < -0.39 is 12.2 Å². The van der Waals surface area contributed by atoms with Crippen molar-refractivity contribution in [1.29, 1.82) is 0 Å². The molecule has 0 saturated heterocycles. The van der Waals surface area contributed by atoms with E-state index in [-0.39, 0.29) is 50.1 Å². The summed E-state index contributed by atoms with van der Waals surface area (Å²) in [6.45, 7) is 0. The van der Waals surface area contributed by atoms with Crippen molar-refractivity contribution in [3.63, 3.8) is 0 Å². The molecular weight excluding hydrogens is 359 g/mol. The van der Waals surface area contributed by atoms with Gasteiger partial charge in [-0.1, -0.05) is 0 Å². The quantitative estimate of drug-likeness (QED) is 0.488. The zero-order valence-electron chi connectivity index (χ0n) is 10.7. The molecule has 0 spiro atoms. The molecule has 1 radical (unpaired) electrons. The van der Waals surface area contributed by atoms with E-state index in [1.165, 1.54) is 0 Å². The number of fused-ring (bicyclic) bond motifs is 1. The summed E-state index contributed by atoms with van der Waals surface area (Å²) >= 11 is 5.76.